The van der Waals surface area contributed by atoms with Crippen molar-refractivity contribution in [2.24, 2.45) is 11.8 Å². The molecule has 86 valence electrons. The van der Waals surface area contributed by atoms with Crippen LogP contribution in [0.2, 0.25) is 0 Å². The van der Waals surface area contributed by atoms with Crippen molar-refractivity contribution >= 4 is 12.8 Å². The standard InChI is InChI=1S/C6H14.2C2H6.H4N2S/c1-4-5-6(2)3;2*1-2;1-2-3/h6H,4-5H2,1-3H3;2*1-2H3;2-3H,1H2. The molecule has 0 aliphatic rings. The fourth-order valence-electron chi connectivity index (χ4n) is 0.577. The van der Waals surface area contributed by atoms with Gasteiger partial charge in [-0.3, -0.25) is 5.84 Å². The molecule has 13 heavy (non-hydrogen) atoms. The maximum Gasteiger partial charge on any atom is -0.0471 e. The van der Waals surface area contributed by atoms with E-state index in [0.29, 0.717) is 0 Å². The van der Waals surface area contributed by atoms with Crippen molar-refractivity contribution in [1.82, 2.24) is 4.83 Å². The lowest BCUT2D eigenvalue weighted by atomic mass is 10.1. The van der Waals surface area contributed by atoms with Gasteiger partial charge in [-0.25, -0.2) is 4.83 Å². The van der Waals surface area contributed by atoms with Crippen LogP contribution in [0.3, 0.4) is 0 Å². The van der Waals surface area contributed by atoms with Gasteiger partial charge in [-0.2, -0.15) is 0 Å². The van der Waals surface area contributed by atoms with Crippen LogP contribution in [0.15, 0.2) is 0 Å². The Kier molecular flexibility index (Phi) is 70.9. The predicted molar refractivity (Wildman–Crippen MR) is 68.8 cm³/mol. The molecule has 0 saturated heterocycles. The molecule has 3 N–H and O–H groups in total. The zero-order valence-electron chi connectivity index (χ0n) is 10.5. The van der Waals surface area contributed by atoms with Crippen LogP contribution in [0.4, 0.5) is 0 Å². The van der Waals surface area contributed by atoms with E-state index in [4.69, 9.17) is 0 Å². The van der Waals surface area contributed by atoms with Crippen LogP contribution in [0, 0.1) is 5.92 Å². The summed E-state index contributed by atoms with van der Waals surface area (Å²) in [6.45, 7) is 14.7. The van der Waals surface area contributed by atoms with Gasteiger partial charge in [0.2, 0.25) is 0 Å². The van der Waals surface area contributed by atoms with Crippen LogP contribution in [-0.4, -0.2) is 0 Å². The van der Waals surface area contributed by atoms with Crippen molar-refractivity contribution in [2.75, 3.05) is 0 Å². The van der Waals surface area contributed by atoms with E-state index in [2.05, 4.69) is 39.4 Å². The fraction of sp³-hybridized carbons (Fsp3) is 1.00. The van der Waals surface area contributed by atoms with Crippen LogP contribution in [-0.2, 0) is 0 Å². The first-order valence-electron chi connectivity index (χ1n) is 5.28. The summed E-state index contributed by atoms with van der Waals surface area (Å²) >= 11 is 3.32. The minimum Gasteiger partial charge on any atom is -0.262 e. The highest BCUT2D eigenvalue weighted by Crippen LogP contribution is 2.00. The van der Waals surface area contributed by atoms with Gasteiger partial charge in [0.15, 0.2) is 0 Å². The summed E-state index contributed by atoms with van der Waals surface area (Å²) in [4.78, 5) is 1.94. The predicted octanol–water partition coefficient (Wildman–Crippen LogP) is 3.79. The lowest BCUT2D eigenvalue weighted by Crippen LogP contribution is -2.05. The monoisotopic (exact) mass is 210 g/mol. The molecule has 0 saturated carbocycles. The summed E-state index contributed by atoms with van der Waals surface area (Å²) < 4.78 is 0. The van der Waals surface area contributed by atoms with Crippen LogP contribution in [0.5, 0.6) is 0 Å². The van der Waals surface area contributed by atoms with Crippen molar-refractivity contribution in [3.8, 4) is 0 Å². The molecule has 0 aliphatic heterocycles. The van der Waals surface area contributed by atoms with E-state index < -0.39 is 0 Å². The van der Waals surface area contributed by atoms with E-state index in [1.54, 1.807) is 0 Å². The Morgan fingerprint density at radius 3 is 1.38 bits per heavy atom. The fourth-order valence-corrected chi connectivity index (χ4v) is 0.577. The van der Waals surface area contributed by atoms with Crippen LogP contribution >= 0.6 is 12.8 Å². The number of hydrogen-bond acceptors (Lipinski definition) is 3. The molecule has 0 unspecified atom stereocenters. The first-order chi connectivity index (χ1) is 6.18. The van der Waals surface area contributed by atoms with E-state index >= 15 is 0 Å². The first kappa shape index (κ1) is 23.2. The van der Waals surface area contributed by atoms with E-state index in [-0.39, 0.29) is 0 Å². The molecule has 0 aliphatic carbocycles. The highest BCUT2D eigenvalue weighted by molar-refractivity contribution is 7.78. The third-order valence-electron chi connectivity index (χ3n) is 0.866. The van der Waals surface area contributed by atoms with Crippen molar-refractivity contribution in [2.45, 2.75) is 61.3 Å². The van der Waals surface area contributed by atoms with Crippen LogP contribution < -0.4 is 10.7 Å². The Morgan fingerprint density at radius 2 is 1.38 bits per heavy atom. The van der Waals surface area contributed by atoms with Gasteiger partial charge in [0.1, 0.15) is 0 Å². The minimum atomic E-state index is 0.898. The van der Waals surface area contributed by atoms with Gasteiger partial charge in [-0.15, -0.1) is 0 Å². The Bertz CT molecular complexity index is 41.9. The van der Waals surface area contributed by atoms with E-state index in [1.165, 1.54) is 12.8 Å². The largest absolute Gasteiger partial charge is 0.262 e. The molecule has 0 rings (SSSR count). The summed E-state index contributed by atoms with van der Waals surface area (Å²) in [5.41, 5.74) is 0. The van der Waals surface area contributed by atoms with Gasteiger partial charge < -0.3 is 0 Å². The highest BCUT2D eigenvalue weighted by atomic mass is 32.1. The molecule has 0 fully saturated rings. The molecule has 0 atom stereocenters. The summed E-state index contributed by atoms with van der Waals surface area (Å²) in [5.74, 6) is 5.36. The van der Waals surface area contributed by atoms with E-state index in [9.17, 15) is 0 Å². The maximum absolute atomic E-state index is 4.46. The molecule has 0 amide bonds. The number of rotatable bonds is 2. The normalized spacial score (nSPS) is 6.92. The minimum absolute atomic E-state index is 0.898. The number of hydrazine groups is 1. The molecule has 3 heteroatoms. The molecular formula is C10H30N2S. The van der Waals surface area contributed by atoms with Gasteiger partial charge >= 0.3 is 0 Å². The van der Waals surface area contributed by atoms with Gasteiger partial charge in [-0.1, -0.05) is 74.1 Å². The molecule has 0 spiro atoms. The third-order valence-corrected chi connectivity index (χ3v) is 0.866. The van der Waals surface area contributed by atoms with Crippen molar-refractivity contribution < 1.29 is 0 Å². The van der Waals surface area contributed by atoms with Crippen LogP contribution in [0.1, 0.15) is 61.3 Å². The van der Waals surface area contributed by atoms with Gasteiger partial charge in [0, 0.05) is 0 Å². The van der Waals surface area contributed by atoms with E-state index in [0.717, 1.165) is 5.92 Å². The molecule has 0 bridgehead atoms. The van der Waals surface area contributed by atoms with Crippen molar-refractivity contribution in [1.29, 1.82) is 0 Å². The zero-order chi connectivity index (χ0) is 11.7. The maximum atomic E-state index is 4.46. The highest BCUT2D eigenvalue weighted by Gasteiger charge is 1.85. The second kappa shape index (κ2) is 39.6. The zero-order valence-corrected chi connectivity index (χ0v) is 11.4. The molecule has 2 nitrogen and oxygen atoms in total. The quantitative estimate of drug-likeness (QED) is 0.368. The first-order valence-corrected chi connectivity index (χ1v) is 5.73. The summed E-state index contributed by atoms with van der Waals surface area (Å²) in [5, 5.41) is 0. The average Bonchev–Trinajstić information content (AvgIpc) is 2.12. The van der Waals surface area contributed by atoms with Gasteiger partial charge in [-0.05, 0) is 5.92 Å². The van der Waals surface area contributed by atoms with Crippen LogP contribution in [0.25, 0.3) is 0 Å². The number of nitrogens with one attached hydrogen (secondary N) is 1. The number of hydrogen-bond donors (Lipinski definition) is 3. The summed E-state index contributed by atoms with van der Waals surface area (Å²) in [6, 6.07) is 0. The summed E-state index contributed by atoms with van der Waals surface area (Å²) in [6.07, 6.45) is 2.71. The number of thiol groups is 1. The molecular weight excluding hydrogens is 180 g/mol. The smallest absolute Gasteiger partial charge is 0.0471 e. The number of nitrogens with two attached hydrogens (primary N) is 1. The topological polar surface area (TPSA) is 38.0 Å². The summed E-state index contributed by atoms with van der Waals surface area (Å²) in [7, 11) is 0. The van der Waals surface area contributed by atoms with Crippen molar-refractivity contribution in [3.63, 3.8) is 0 Å². The molecule has 0 aromatic heterocycles. The SMILES string of the molecule is CC.CC.CCCC(C)C.NNS. The Balaban J connectivity index is -0.0000000493. The van der Waals surface area contributed by atoms with Gasteiger partial charge in [0.25, 0.3) is 0 Å². The Labute approximate surface area is 91.2 Å². The second-order valence-electron chi connectivity index (χ2n) is 2.31. The third kappa shape index (κ3) is 121. The molecule has 0 radical (unpaired) electrons. The average molecular weight is 210 g/mol. The lowest BCUT2D eigenvalue weighted by Gasteiger charge is -1.95. The molecule has 0 heterocycles. The Hall–Kier alpha value is 0.270. The molecule has 0 aromatic carbocycles. The lowest BCUT2D eigenvalue weighted by molar-refractivity contribution is 0.576. The van der Waals surface area contributed by atoms with Gasteiger partial charge in [0.05, 0.1) is 0 Å². The van der Waals surface area contributed by atoms with E-state index in [1.807, 2.05) is 32.5 Å². The second-order valence-corrected chi connectivity index (χ2v) is 2.57. The molecule has 0 aromatic rings. The Morgan fingerprint density at radius 1 is 1.15 bits per heavy atom. The van der Waals surface area contributed by atoms with Crippen molar-refractivity contribution in [3.05, 3.63) is 0 Å².